The van der Waals surface area contributed by atoms with Crippen molar-refractivity contribution in [3.8, 4) is 17.2 Å². The quantitative estimate of drug-likeness (QED) is 0.268. The lowest BCUT2D eigenvalue weighted by atomic mass is 9.77. The number of Topliss-reactive ketones (excluding diaryl/α,β-unsaturated/α-hetero) is 1. The van der Waals surface area contributed by atoms with Gasteiger partial charge < -0.3 is 22.4 Å². The molecule has 2 aromatic rings. The van der Waals surface area contributed by atoms with E-state index in [0.29, 0.717) is 17.7 Å². The predicted molar refractivity (Wildman–Crippen MR) is 172 cm³/mol. The molecule has 0 spiro atoms. The summed E-state index contributed by atoms with van der Waals surface area (Å²) in [5.74, 6) is 2.09. The molecule has 2 atom stereocenters. The molecule has 0 aliphatic heterocycles. The van der Waals surface area contributed by atoms with Gasteiger partial charge in [0.05, 0.1) is 23.7 Å². The highest BCUT2D eigenvalue weighted by Gasteiger charge is 2.51. The number of ether oxygens (including phenoxy) is 1. The first-order chi connectivity index (χ1) is 17.4. The molecule has 1 aliphatic rings. The molecule has 0 fully saturated rings. The highest BCUT2D eigenvalue weighted by atomic mass is 28.4. The second-order valence-corrected chi connectivity index (χ2v) is 32.7. The van der Waals surface area contributed by atoms with Crippen molar-refractivity contribution in [1.29, 1.82) is 0 Å². The van der Waals surface area contributed by atoms with E-state index >= 15 is 0 Å². The van der Waals surface area contributed by atoms with Crippen molar-refractivity contribution in [3.63, 3.8) is 0 Å². The Morgan fingerprint density at radius 2 is 1.33 bits per heavy atom. The van der Waals surface area contributed by atoms with Crippen LogP contribution in [0, 0.1) is 6.92 Å². The summed E-state index contributed by atoms with van der Waals surface area (Å²) in [4.78, 5) is 14.7. The summed E-state index contributed by atoms with van der Waals surface area (Å²) in [6, 6.07) is 4.17. The van der Waals surface area contributed by atoms with Gasteiger partial charge in [-0.1, -0.05) is 0 Å². The summed E-state index contributed by atoms with van der Waals surface area (Å²) in [5.41, 5.74) is 1.69. The van der Waals surface area contributed by atoms with Crippen molar-refractivity contribution in [2.24, 2.45) is 0 Å². The monoisotopic (exact) mass is 606 g/mol. The maximum Gasteiger partial charge on any atom is 0.242 e. The molecule has 0 radical (unpaired) electrons. The lowest BCUT2D eigenvalue weighted by Gasteiger charge is -2.46. The molecule has 10 heteroatoms. The molecule has 39 heavy (non-hydrogen) atoms. The first kappa shape index (κ1) is 32.1. The van der Waals surface area contributed by atoms with Crippen molar-refractivity contribution in [1.82, 2.24) is 0 Å². The Balaban J connectivity index is 2.48. The molecule has 0 amide bonds. The number of carbonyl (C=O) groups is 1. The largest absolute Gasteiger partial charge is 0.544 e. The fourth-order valence-electron chi connectivity index (χ4n) is 5.29. The molecule has 0 aromatic heterocycles. The third-order valence-electron chi connectivity index (χ3n) is 6.25. The van der Waals surface area contributed by atoms with Gasteiger partial charge in [-0.3, -0.25) is 4.79 Å². The summed E-state index contributed by atoms with van der Waals surface area (Å²) in [5, 5.41) is 1.80. The second kappa shape index (κ2) is 10.4. The molecule has 3 rings (SSSR count). The molecule has 218 valence electrons. The molecule has 2 aromatic carbocycles. The van der Waals surface area contributed by atoms with E-state index in [1.807, 2.05) is 13.0 Å². The standard InChI is InChI=1S/C29H50O6Si4/c1-19-22(31-3)17-20-16-21-18-29(2,35-39(13,14)15)28(34-38(10,11)12)25(30)23(21)27(33-37(7,8)9)24(20)26(19)32-36(4,5)6/h16-17,28H,18H2,1-15H3. The van der Waals surface area contributed by atoms with Crippen LogP contribution in [-0.2, 0) is 15.3 Å². The van der Waals surface area contributed by atoms with Crippen molar-refractivity contribution >= 4 is 49.8 Å². The van der Waals surface area contributed by atoms with E-state index in [-0.39, 0.29) is 5.78 Å². The Bertz CT molecular complexity index is 1260. The first-order valence-corrected chi connectivity index (χ1v) is 27.6. The minimum absolute atomic E-state index is 0.0537. The van der Waals surface area contributed by atoms with Gasteiger partial charge in [-0.25, -0.2) is 0 Å². The molecule has 0 N–H and O–H groups in total. The number of hydrogen-bond donors (Lipinski definition) is 0. The fourth-order valence-corrected chi connectivity index (χ4v) is 9.62. The van der Waals surface area contributed by atoms with Crippen molar-refractivity contribution in [2.75, 3.05) is 7.11 Å². The zero-order chi connectivity index (χ0) is 29.9. The van der Waals surface area contributed by atoms with Gasteiger partial charge >= 0.3 is 0 Å². The molecule has 0 bridgehead atoms. The highest BCUT2D eigenvalue weighted by molar-refractivity contribution is 6.71. The van der Waals surface area contributed by atoms with E-state index in [1.54, 1.807) is 7.11 Å². The topological polar surface area (TPSA) is 63.2 Å². The van der Waals surface area contributed by atoms with Gasteiger partial charge in [0, 0.05) is 12.0 Å². The summed E-state index contributed by atoms with van der Waals surface area (Å²) < 4.78 is 32.8. The van der Waals surface area contributed by atoms with E-state index < -0.39 is 45.0 Å². The third-order valence-corrected chi connectivity index (χ3v) is 9.90. The summed E-state index contributed by atoms with van der Waals surface area (Å²) in [6.45, 7) is 29.9. The average Bonchev–Trinajstić information content (AvgIpc) is 2.68. The van der Waals surface area contributed by atoms with Crippen LogP contribution in [0.2, 0.25) is 78.6 Å². The Hall–Kier alpha value is -1.44. The third kappa shape index (κ3) is 7.45. The molecule has 0 saturated carbocycles. The predicted octanol–water partition coefficient (Wildman–Crippen LogP) is 8.15. The van der Waals surface area contributed by atoms with Crippen molar-refractivity contribution in [2.45, 2.75) is 111 Å². The number of methoxy groups -OCH3 is 1. The highest BCUT2D eigenvalue weighted by Crippen LogP contribution is 2.49. The number of ketones is 1. The smallest absolute Gasteiger partial charge is 0.242 e. The van der Waals surface area contributed by atoms with Crippen molar-refractivity contribution in [3.05, 3.63) is 28.8 Å². The maximum atomic E-state index is 14.7. The van der Waals surface area contributed by atoms with Crippen LogP contribution in [0.4, 0.5) is 0 Å². The molecular weight excluding hydrogens is 557 g/mol. The molecule has 6 nitrogen and oxygen atoms in total. The Morgan fingerprint density at radius 3 is 1.79 bits per heavy atom. The SMILES string of the molecule is COc1cc2cc3c(c(O[Si](C)(C)C)c2c(O[Si](C)(C)C)c1C)C(=O)C(O[Si](C)(C)C)C(C)(O[Si](C)(C)C)C3. The molecule has 0 saturated heterocycles. The van der Waals surface area contributed by atoms with Crippen LogP contribution in [0.1, 0.15) is 28.4 Å². The first-order valence-electron chi connectivity index (χ1n) is 13.9. The zero-order valence-corrected chi connectivity index (χ0v) is 30.9. The van der Waals surface area contributed by atoms with Crippen LogP contribution in [0.25, 0.3) is 10.8 Å². The molecule has 1 aliphatic carbocycles. The van der Waals surface area contributed by atoms with E-state index in [9.17, 15) is 4.79 Å². The zero-order valence-electron chi connectivity index (χ0n) is 26.9. The van der Waals surface area contributed by atoms with Gasteiger partial charge in [-0.05, 0) is 115 Å². The fraction of sp³-hybridized carbons (Fsp3) is 0.621. The lowest BCUT2D eigenvalue weighted by molar-refractivity contribution is -0.0283. The van der Waals surface area contributed by atoms with Crippen LogP contribution in [-0.4, -0.2) is 57.9 Å². The number of rotatable bonds is 9. The Kier molecular flexibility index (Phi) is 8.58. The van der Waals surface area contributed by atoms with Crippen LogP contribution in [0.5, 0.6) is 17.2 Å². The Morgan fingerprint density at radius 1 is 0.795 bits per heavy atom. The Labute approximate surface area is 240 Å². The average molecular weight is 607 g/mol. The normalized spacial score (nSPS) is 20.7. The minimum atomic E-state index is -2.15. The minimum Gasteiger partial charge on any atom is -0.544 e. The van der Waals surface area contributed by atoms with Gasteiger partial charge in [0.25, 0.3) is 0 Å². The molecule has 2 unspecified atom stereocenters. The maximum absolute atomic E-state index is 14.7. The van der Waals surface area contributed by atoms with Crippen LogP contribution in [0.3, 0.4) is 0 Å². The molecule has 0 heterocycles. The lowest BCUT2D eigenvalue weighted by Crippen LogP contribution is -2.59. The number of fused-ring (bicyclic) bond motifs is 2. The van der Waals surface area contributed by atoms with Crippen LogP contribution >= 0.6 is 0 Å². The van der Waals surface area contributed by atoms with E-state index in [2.05, 4.69) is 91.6 Å². The van der Waals surface area contributed by atoms with Crippen LogP contribution < -0.4 is 13.6 Å². The number of carbonyl (C=O) groups excluding carboxylic acids is 1. The van der Waals surface area contributed by atoms with E-state index in [4.69, 9.17) is 22.4 Å². The van der Waals surface area contributed by atoms with Crippen molar-refractivity contribution < 1.29 is 27.2 Å². The van der Waals surface area contributed by atoms with E-state index in [0.717, 1.165) is 33.4 Å². The van der Waals surface area contributed by atoms with Gasteiger partial charge in [-0.2, -0.15) is 0 Å². The van der Waals surface area contributed by atoms with Crippen LogP contribution in [0.15, 0.2) is 12.1 Å². The summed E-state index contributed by atoms with van der Waals surface area (Å²) in [7, 11) is -6.63. The second-order valence-electron chi connectivity index (χ2n) is 15.0. The van der Waals surface area contributed by atoms with Gasteiger partial charge in [-0.15, -0.1) is 0 Å². The molecular formula is C29H50O6Si4. The number of benzene rings is 2. The van der Waals surface area contributed by atoms with E-state index in [1.165, 1.54) is 0 Å². The summed E-state index contributed by atoms with van der Waals surface area (Å²) in [6.07, 6.45) is -0.142. The van der Waals surface area contributed by atoms with Gasteiger partial charge in [0.1, 0.15) is 23.4 Å². The van der Waals surface area contributed by atoms with Gasteiger partial charge in [0.2, 0.25) is 16.6 Å². The van der Waals surface area contributed by atoms with Gasteiger partial charge in [0.15, 0.2) is 22.4 Å². The number of hydrogen-bond acceptors (Lipinski definition) is 6. The summed E-state index contributed by atoms with van der Waals surface area (Å²) >= 11 is 0.